The number of hydrogen-bond acceptors (Lipinski definition) is 10. The number of rotatable bonds is 22. The first-order valence-corrected chi connectivity index (χ1v) is 18.0. The molecule has 292 valence electrons. The first kappa shape index (κ1) is 44.4. The van der Waals surface area contributed by atoms with Gasteiger partial charge in [0.2, 0.25) is 0 Å². The average molecular weight is 738 g/mol. The zero-order valence-corrected chi connectivity index (χ0v) is 32.8. The quantitative estimate of drug-likeness (QED) is 0.0722. The molecular formula is C42H59NO10. The van der Waals surface area contributed by atoms with Gasteiger partial charge in [0.05, 0.1) is 0 Å². The number of amides is 1. The summed E-state index contributed by atoms with van der Waals surface area (Å²) in [5, 5.41) is 2.77. The van der Waals surface area contributed by atoms with E-state index in [0.29, 0.717) is 30.9 Å². The lowest BCUT2D eigenvalue weighted by atomic mass is 9.79. The SMILES string of the molecule is C=C(C)C(=O)OCC(COc1ccc(C(C)(C)C)cc1)OC(=O)CCC(C)(C)CC(C)CCNC(=O)OC(COC(=O)C(=C)C)COc1ccccc1. The van der Waals surface area contributed by atoms with Crippen molar-refractivity contribution in [1.29, 1.82) is 0 Å². The maximum absolute atomic E-state index is 13.0. The molecule has 53 heavy (non-hydrogen) atoms. The van der Waals surface area contributed by atoms with Gasteiger partial charge in [-0.25, -0.2) is 14.4 Å². The van der Waals surface area contributed by atoms with E-state index in [0.717, 1.165) is 12.0 Å². The van der Waals surface area contributed by atoms with Gasteiger partial charge in [0, 0.05) is 24.1 Å². The van der Waals surface area contributed by atoms with Crippen molar-refractivity contribution in [3.05, 3.63) is 84.5 Å². The number of ether oxygens (including phenoxy) is 6. The van der Waals surface area contributed by atoms with Gasteiger partial charge in [0.15, 0.2) is 12.2 Å². The molecule has 0 saturated heterocycles. The number of carbonyl (C=O) groups is 4. The van der Waals surface area contributed by atoms with Gasteiger partial charge < -0.3 is 33.7 Å². The van der Waals surface area contributed by atoms with Crippen LogP contribution in [0.15, 0.2) is 78.9 Å². The fourth-order valence-corrected chi connectivity index (χ4v) is 5.21. The van der Waals surface area contributed by atoms with Gasteiger partial charge in [0.1, 0.15) is 37.9 Å². The summed E-state index contributed by atoms with van der Waals surface area (Å²) in [5.74, 6) is -0.156. The van der Waals surface area contributed by atoms with Gasteiger partial charge in [0.25, 0.3) is 0 Å². The number of alkyl carbamates (subject to hydrolysis) is 1. The Morgan fingerprint density at radius 3 is 1.74 bits per heavy atom. The molecule has 3 atom stereocenters. The normalized spacial score (nSPS) is 13.1. The first-order valence-electron chi connectivity index (χ1n) is 18.0. The maximum Gasteiger partial charge on any atom is 0.407 e. The van der Waals surface area contributed by atoms with Crippen molar-refractivity contribution < 1.29 is 47.6 Å². The van der Waals surface area contributed by atoms with E-state index in [-0.39, 0.29) is 60.7 Å². The zero-order valence-electron chi connectivity index (χ0n) is 32.8. The lowest BCUT2D eigenvalue weighted by Gasteiger charge is -2.28. The van der Waals surface area contributed by atoms with E-state index in [9.17, 15) is 19.2 Å². The van der Waals surface area contributed by atoms with Crippen LogP contribution in [-0.2, 0) is 38.7 Å². The molecule has 2 rings (SSSR count). The highest BCUT2D eigenvalue weighted by Gasteiger charge is 2.25. The minimum absolute atomic E-state index is 0.00204. The maximum atomic E-state index is 13.0. The Hall–Kier alpha value is -4.80. The number of benzene rings is 2. The van der Waals surface area contributed by atoms with Gasteiger partial charge in [-0.1, -0.05) is 85.0 Å². The summed E-state index contributed by atoms with van der Waals surface area (Å²) in [6.07, 6.45) is -0.107. The van der Waals surface area contributed by atoms with Crippen LogP contribution in [0.3, 0.4) is 0 Å². The van der Waals surface area contributed by atoms with Gasteiger partial charge in [-0.2, -0.15) is 0 Å². The van der Waals surface area contributed by atoms with Crippen LogP contribution in [0.1, 0.15) is 86.6 Å². The van der Waals surface area contributed by atoms with Crippen molar-refractivity contribution in [3.63, 3.8) is 0 Å². The van der Waals surface area contributed by atoms with Crippen LogP contribution in [0.2, 0.25) is 0 Å². The zero-order chi connectivity index (χ0) is 39.6. The van der Waals surface area contributed by atoms with Crippen molar-refractivity contribution in [2.24, 2.45) is 11.3 Å². The Kier molecular flexibility index (Phi) is 18.1. The van der Waals surface area contributed by atoms with E-state index >= 15 is 0 Å². The van der Waals surface area contributed by atoms with Crippen LogP contribution >= 0.6 is 0 Å². The Balaban J connectivity index is 1.83. The molecule has 11 heteroatoms. The second-order valence-corrected chi connectivity index (χ2v) is 15.3. The monoisotopic (exact) mass is 737 g/mol. The van der Waals surface area contributed by atoms with E-state index in [4.69, 9.17) is 28.4 Å². The molecule has 0 fully saturated rings. The van der Waals surface area contributed by atoms with Gasteiger partial charge in [-0.3, -0.25) is 4.79 Å². The Morgan fingerprint density at radius 1 is 0.717 bits per heavy atom. The highest BCUT2D eigenvalue weighted by atomic mass is 16.6. The Bertz CT molecular complexity index is 1490. The second-order valence-electron chi connectivity index (χ2n) is 15.3. The van der Waals surface area contributed by atoms with E-state index in [1.807, 2.05) is 42.5 Å². The molecule has 1 amide bonds. The predicted molar refractivity (Wildman–Crippen MR) is 204 cm³/mol. The molecule has 2 aromatic carbocycles. The molecule has 0 aliphatic heterocycles. The highest BCUT2D eigenvalue weighted by Crippen LogP contribution is 2.32. The third kappa shape index (κ3) is 18.5. The highest BCUT2D eigenvalue weighted by molar-refractivity contribution is 5.87. The first-order chi connectivity index (χ1) is 24.8. The van der Waals surface area contributed by atoms with Crippen LogP contribution in [-0.4, -0.2) is 69.2 Å². The molecule has 0 saturated carbocycles. The summed E-state index contributed by atoms with van der Waals surface area (Å²) in [4.78, 5) is 49.6. The largest absolute Gasteiger partial charge is 0.490 e. The summed E-state index contributed by atoms with van der Waals surface area (Å²) in [6.45, 7) is 22.9. The lowest BCUT2D eigenvalue weighted by Crippen LogP contribution is -2.36. The Morgan fingerprint density at radius 2 is 1.23 bits per heavy atom. The van der Waals surface area contributed by atoms with E-state index in [1.54, 1.807) is 19.1 Å². The number of esters is 3. The van der Waals surface area contributed by atoms with E-state index in [1.165, 1.54) is 6.92 Å². The lowest BCUT2D eigenvalue weighted by molar-refractivity contribution is -0.159. The summed E-state index contributed by atoms with van der Waals surface area (Å²) in [7, 11) is 0. The summed E-state index contributed by atoms with van der Waals surface area (Å²) >= 11 is 0. The molecule has 0 bridgehead atoms. The molecule has 0 aliphatic rings. The summed E-state index contributed by atoms with van der Waals surface area (Å²) in [6, 6.07) is 16.8. The van der Waals surface area contributed by atoms with Crippen LogP contribution in [0.25, 0.3) is 0 Å². The molecule has 0 aliphatic carbocycles. The van der Waals surface area contributed by atoms with Crippen LogP contribution in [0, 0.1) is 11.3 Å². The molecular weight excluding hydrogens is 678 g/mol. The number of carbonyl (C=O) groups excluding carboxylic acids is 4. The van der Waals surface area contributed by atoms with Crippen LogP contribution < -0.4 is 14.8 Å². The topological polar surface area (TPSA) is 136 Å². The number of hydrogen-bond donors (Lipinski definition) is 1. The molecule has 1 N–H and O–H groups in total. The molecule has 0 radical (unpaired) electrons. The minimum atomic E-state index is -0.834. The number of nitrogens with one attached hydrogen (secondary N) is 1. The fraction of sp³-hybridized carbons (Fsp3) is 0.524. The van der Waals surface area contributed by atoms with Crippen LogP contribution in [0.5, 0.6) is 11.5 Å². The van der Waals surface area contributed by atoms with E-state index < -0.39 is 36.2 Å². The number of para-hydroxylation sites is 1. The third-order valence-electron chi connectivity index (χ3n) is 8.22. The molecule has 3 unspecified atom stereocenters. The summed E-state index contributed by atoms with van der Waals surface area (Å²) < 4.78 is 33.3. The fourth-order valence-electron chi connectivity index (χ4n) is 5.21. The average Bonchev–Trinajstić information content (AvgIpc) is 3.09. The minimum Gasteiger partial charge on any atom is -0.490 e. The second kappa shape index (κ2) is 21.7. The van der Waals surface area contributed by atoms with Gasteiger partial charge in [-0.15, -0.1) is 0 Å². The van der Waals surface area contributed by atoms with Gasteiger partial charge >= 0.3 is 24.0 Å². The molecule has 11 nitrogen and oxygen atoms in total. The molecule has 0 spiro atoms. The smallest absolute Gasteiger partial charge is 0.407 e. The Labute approximate surface area is 315 Å². The standard InChI is InChI=1S/C42H59NO10/c1-29(2)38(45)50-27-35(25-49-34-18-16-32(17-19-34)41(6,7)8)52-37(44)20-22-42(9,10)24-31(5)21-23-43-40(47)53-36(28-51-39(46)30(3)4)26-48-33-14-12-11-13-15-33/h11-19,31,35-36H,1,3,20-28H2,2,4-10H3,(H,43,47). The van der Waals surface area contributed by atoms with Crippen molar-refractivity contribution in [2.75, 3.05) is 33.0 Å². The predicted octanol–water partition coefficient (Wildman–Crippen LogP) is 7.91. The third-order valence-corrected chi connectivity index (χ3v) is 8.22. The van der Waals surface area contributed by atoms with Gasteiger partial charge in [-0.05, 0) is 79.7 Å². The molecule has 0 heterocycles. The summed E-state index contributed by atoms with van der Waals surface area (Å²) in [5.41, 5.74) is 1.43. The van der Waals surface area contributed by atoms with Crippen molar-refractivity contribution in [3.8, 4) is 11.5 Å². The van der Waals surface area contributed by atoms with E-state index in [2.05, 4.69) is 60.0 Å². The van der Waals surface area contributed by atoms with Crippen molar-refractivity contribution >= 4 is 24.0 Å². The van der Waals surface area contributed by atoms with Crippen molar-refractivity contribution in [2.45, 2.75) is 98.7 Å². The van der Waals surface area contributed by atoms with Crippen molar-refractivity contribution in [1.82, 2.24) is 5.32 Å². The van der Waals surface area contributed by atoms with Crippen LogP contribution in [0.4, 0.5) is 4.79 Å². The molecule has 2 aromatic rings. The molecule has 0 aromatic heterocycles.